The Kier molecular flexibility index (Phi) is 6.25. The quantitative estimate of drug-likeness (QED) is 0.552. The second-order valence-electron chi connectivity index (χ2n) is 4.81. The molecule has 0 heterocycles. The van der Waals surface area contributed by atoms with Crippen molar-refractivity contribution in [2.75, 3.05) is 18.8 Å². The Labute approximate surface area is 120 Å². The third-order valence-corrected chi connectivity index (χ3v) is 4.22. The van der Waals surface area contributed by atoms with Gasteiger partial charge >= 0.3 is 0 Å². The summed E-state index contributed by atoms with van der Waals surface area (Å²) in [7, 11) is 0. The Balaban J connectivity index is 1.72. The Hall–Kier alpha value is -0.990. The number of benzene rings is 2. The van der Waals surface area contributed by atoms with Crippen LogP contribution in [0.25, 0.3) is 10.8 Å². The number of hydrogen-bond donors (Lipinski definition) is 1. The standard InChI is InChI=1S/C17H23NS/c1-2-3-6-11-18-12-13-19-17-10-9-15-7-4-5-8-16(15)14-17/h4-5,7-10,14,18H,2-3,6,11-13H2,1H3. The lowest BCUT2D eigenvalue weighted by molar-refractivity contribution is 0.636. The molecule has 2 aromatic carbocycles. The number of fused-ring (bicyclic) bond motifs is 1. The Morgan fingerprint density at radius 2 is 1.79 bits per heavy atom. The minimum atomic E-state index is 1.10. The molecule has 0 spiro atoms. The average molecular weight is 273 g/mol. The van der Waals surface area contributed by atoms with E-state index in [9.17, 15) is 0 Å². The molecule has 2 aromatic rings. The average Bonchev–Trinajstić information content (AvgIpc) is 2.46. The predicted molar refractivity (Wildman–Crippen MR) is 87.1 cm³/mol. The molecule has 1 N–H and O–H groups in total. The van der Waals surface area contributed by atoms with Crippen molar-refractivity contribution in [3.8, 4) is 0 Å². The summed E-state index contributed by atoms with van der Waals surface area (Å²) in [5.41, 5.74) is 0. The molecule has 0 aliphatic heterocycles. The van der Waals surface area contributed by atoms with Gasteiger partial charge in [-0.25, -0.2) is 0 Å². The van der Waals surface area contributed by atoms with Crippen LogP contribution in [0.5, 0.6) is 0 Å². The Morgan fingerprint density at radius 1 is 0.947 bits per heavy atom. The summed E-state index contributed by atoms with van der Waals surface area (Å²) in [6.45, 7) is 4.50. The summed E-state index contributed by atoms with van der Waals surface area (Å²) in [5.74, 6) is 1.14. The molecule has 0 amide bonds. The van der Waals surface area contributed by atoms with Gasteiger partial charge in [0.25, 0.3) is 0 Å². The van der Waals surface area contributed by atoms with Crippen molar-refractivity contribution in [1.29, 1.82) is 0 Å². The molecule has 0 fully saturated rings. The summed E-state index contributed by atoms with van der Waals surface area (Å²) in [6, 6.07) is 15.3. The molecular formula is C17H23NS. The molecule has 0 unspecified atom stereocenters. The molecule has 0 saturated heterocycles. The largest absolute Gasteiger partial charge is 0.316 e. The van der Waals surface area contributed by atoms with Crippen molar-refractivity contribution in [1.82, 2.24) is 5.32 Å². The van der Waals surface area contributed by atoms with Crippen molar-refractivity contribution in [3.05, 3.63) is 42.5 Å². The smallest absolute Gasteiger partial charge is 0.0106 e. The number of unbranched alkanes of at least 4 members (excludes halogenated alkanes) is 2. The lowest BCUT2D eigenvalue weighted by Crippen LogP contribution is -2.18. The SMILES string of the molecule is CCCCCNCCSc1ccc2ccccc2c1. The molecule has 0 aromatic heterocycles. The summed E-state index contributed by atoms with van der Waals surface area (Å²) < 4.78 is 0. The third-order valence-electron chi connectivity index (χ3n) is 3.23. The van der Waals surface area contributed by atoms with Crippen LogP contribution in [0.15, 0.2) is 47.4 Å². The minimum Gasteiger partial charge on any atom is -0.316 e. The lowest BCUT2D eigenvalue weighted by Gasteiger charge is -2.05. The van der Waals surface area contributed by atoms with Gasteiger partial charge in [-0.15, -0.1) is 11.8 Å². The van der Waals surface area contributed by atoms with Gasteiger partial charge in [0, 0.05) is 17.2 Å². The molecule has 19 heavy (non-hydrogen) atoms. The number of nitrogens with one attached hydrogen (secondary N) is 1. The monoisotopic (exact) mass is 273 g/mol. The first kappa shape index (κ1) is 14.4. The van der Waals surface area contributed by atoms with E-state index in [4.69, 9.17) is 0 Å². The van der Waals surface area contributed by atoms with Crippen molar-refractivity contribution in [2.45, 2.75) is 31.1 Å². The fraction of sp³-hybridized carbons (Fsp3) is 0.412. The van der Waals surface area contributed by atoms with Crippen molar-refractivity contribution >= 4 is 22.5 Å². The first-order valence-corrected chi connectivity index (χ1v) is 8.21. The molecule has 0 saturated carbocycles. The normalized spacial score (nSPS) is 11.0. The number of rotatable bonds is 8. The highest BCUT2D eigenvalue weighted by atomic mass is 32.2. The maximum Gasteiger partial charge on any atom is 0.0106 e. The summed E-state index contributed by atoms with van der Waals surface area (Å²) in [4.78, 5) is 1.37. The molecule has 0 aliphatic rings. The fourth-order valence-electron chi connectivity index (χ4n) is 2.12. The van der Waals surface area contributed by atoms with Gasteiger partial charge in [-0.1, -0.05) is 50.1 Å². The van der Waals surface area contributed by atoms with Crippen LogP contribution in [0.4, 0.5) is 0 Å². The van der Waals surface area contributed by atoms with Gasteiger partial charge in [0.05, 0.1) is 0 Å². The first-order valence-electron chi connectivity index (χ1n) is 7.22. The molecular weight excluding hydrogens is 250 g/mol. The zero-order chi connectivity index (χ0) is 13.3. The van der Waals surface area contributed by atoms with Crippen LogP contribution < -0.4 is 5.32 Å². The molecule has 2 heteroatoms. The maximum atomic E-state index is 3.51. The zero-order valence-electron chi connectivity index (χ0n) is 11.7. The first-order chi connectivity index (χ1) is 9.40. The fourth-order valence-corrected chi connectivity index (χ4v) is 2.98. The van der Waals surface area contributed by atoms with Crippen LogP contribution >= 0.6 is 11.8 Å². The summed E-state index contributed by atoms with van der Waals surface area (Å²) in [5, 5.41) is 6.17. The van der Waals surface area contributed by atoms with Gasteiger partial charge in [-0.2, -0.15) is 0 Å². The van der Waals surface area contributed by atoms with Crippen LogP contribution in [0, 0.1) is 0 Å². The third kappa shape index (κ3) is 4.88. The number of hydrogen-bond acceptors (Lipinski definition) is 2. The van der Waals surface area contributed by atoms with Gasteiger partial charge in [0.2, 0.25) is 0 Å². The second kappa shape index (κ2) is 8.23. The maximum absolute atomic E-state index is 3.51. The van der Waals surface area contributed by atoms with E-state index < -0.39 is 0 Å². The van der Waals surface area contributed by atoms with E-state index in [2.05, 4.69) is 54.7 Å². The van der Waals surface area contributed by atoms with Gasteiger partial charge < -0.3 is 5.32 Å². The summed E-state index contributed by atoms with van der Waals surface area (Å²) in [6.07, 6.45) is 3.94. The predicted octanol–water partition coefficient (Wildman–Crippen LogP) is 4.71. The molecule has 0 aliphatic carbocycles. The van der Waals surface area contributed by atoms with Gasteiger partial charge in [0.15, 0.2) is 0 Å². The number of thioether (sulfide) groups is 1. The van der Waals surface area contributed by atoms with E-state index >= 15 is 0 Å². The van der Waals surface area contributed by atoms with Crippen molar-refractivity contribution < 1.29 is 0 Å². The molecule has 0 bridgehead atoms. The van der Waals surface area contributed by atoms with E-state index in [0.29, 0.717) is 0 Å². The van der Waals surface area contributed by atoms with E-state index in [0.717, 1.165) is 18.8 Å². The van der Waals surface area contributed by atoms with E-state index in [1.165, 1.54) is 34.9 Å². The van der Waals surface area contributed by atoms with E-state index in [1.54, 1.807) is 0 Å². The highest BCUT2D eigenvalue weighted by molar-refractivity contribution is 7.99. The van der Waals surface area contributed by atoms with Crippen molar-refractivity contribution in [2.24, 2.45) is 0 Å². The lowest BCUT2D eigenvalue weighted by atomic mass is 10.1. The molecule has 2 rings (SSSR count). The topological polar surface area (TPSA) is 12.0 Å². The van der Waals surface area contributed by atoms with Crippen LogP contribution in [-0.2, 0) is 0 Å². The minimum absolute atomic E-state index is 1.10. The highest BCUT2D eigenvalue weighted by Crippen LogP contribution is 2.23. The van der Waals surface area contributed by atoms with Gasteiger partial charge in [0.1, 0.15) is 0 Å². The van der Waals surface area contributed by atoms with Crippen LogP contribution in [0.3, 0.4) is 0 Å². The van der Waals surface area contributed by atoms with Crippen LogP contribution in [-0.4, -0.2) is 18.8 Å². The molecule has 0 atom stereocenters. The van der Waals surface area contributed by atoms with Gasteiger partial charge in [-0.05, 0) is 35.9 Å². The molecule has 102 valence electrons. The van der Waals surface area contributed by atoms with Gasteiger partial charge in [-0.3, -0.25) is 0 Å². The molecule has 0 radical (unpaired) electrons. The van der Waals surface area contributed by atoms with E-state index in [1.807, 2.05) is 11.8 Å². The van der Waals surface area contributed by atoms with Crippen molar-refractivity contribution in [3.63, 3.8) is 0 Å². The highest BCUT2D eigenvalue weighted by Gasteiger charge is 1.97. The van der Waals surface area contributed by atoms with Crippen LogP contribution in [0.2, 0.25) is 0 Å². The Morgan fingerprint density at radius 3 is 2.63 bits per heavy atom. The Bertz CT molecular complexity index is 495. The zero-order valence-corrected chi connectivity index (χ0v) is 12.5. The van der Waals surface area contributed by atoms with Crippen LogP contribution in [0.1, 0.15) is 26.2 Å². The molecule has 1 nitrogen and oxygen atoms in total. The second-order valence-corrected chi connectivity index (χ2v) is 5.98. The van der Waals surface area contributed by atoms with E-state index in [-0.39, 0.29) is 0 Å². The summed E-state index contributed by atoms with van der Waals surface area (Å²) >= 11 is 1.94.